The first kappa shape index (κ1) is 40.9. The molecule has 0 amide bonds. The van der Waals surface area contributed by atoms with Crippen molar-refractivity contribution in [1.82, 2.24) is 0 Å². The van der Waals surface area contributed by atoms with Gasteiger partial charge in [-0.05, 0) is 201 Å². The van der Waals surface area contributed by atoms with E-state index in [0.717, 1.165) is 23.7 Å². The van der Waals surface area contributed by atoms with Crippen LogP contribution < -0.4 is 4.90 Å². The molecule has 0 saturated heterocycles. The van der Waals surface area contributed by atoms with Gasteiger partial charge in [-0.25, -0.2) is 0 Å². The fourth-order valence-electron chi connectivity index (χ4n) is 14.6. The van der Waals surface area contributed by atoms with Crippen LogP contribution in [0.4, 0.5) is 17.1 Å². The van der Waals surface area contributed by atoms with E-state index in [1.165, 1.54) is 129 Å². The van der Waals surface area contributed by atoms with Crippen LogP contribution >= 0.6 is 11.8 Å². The standard InChI is InChI=1S/C62H67NS/c1-58(2)27-29-60(5,6)54-36-43(17-24-50(54)58)41-13-19-47(20-14-41)63(48-21-15-42(16-22-48)44-18-25-51-55(37-44)61(7,8)30-28-59(51,3)4)49-23-26-53-57(38-49)64-56-12-10-9-11-52(56)62(53)45-32-39-31-40(34-45)35-46(62)33-39/h9-26,36-40,45-46H,27-35H2,1-8H3. The summed E-state index contributed by atoms with van der Waals surface area (Å²) in [5.74, 6) is 3.34. The molecule has 6 aromatic rings. The maximum Gasteiger partial charge on any atom is 0.0473 e. The molecule has 1 nitrogen and oxygen atoms in total. The summed E-state index contributed by atoms with van der Waals surface area (Å²) < 4.78 is 0. The minimum atomic E-state index is 0.133. The van der Waals surface area contributed by atoms with E-state index in [1.807, 2.05) is 11.8 Å². The second-order valence-electron chi connectivity index (χ2n) is 23.9. The lowest BCUT2D eigenvalue weighted by molar-refractivity contribution is -0.0443. The number of anilines is 3. The zero-order valence-electron chi connectivity index (χ0n) is 39.7. The van der Waals surface area contributed by atoms with E-state index in [4.69, 9.17) is 0 Å². The van der Waals surface area contributed by atoms with Gasteiger partial charge in [0.05, 0.1) is 0 Å². The van der Waals surface area contributed by atoms with Gasteiger partial charge in [-0.3, -0.25) is 0 Å². The van der Waals surface area contributed by atoms with Gasteiger partial charge in [0.2, 0.25) is 0 Å². The van der Waals surface area contributed by atoms with E-state index in [9.17, 15) is 0 Å². The molecule has 13 rings (SSSR count). The summed E-state index contributed by atoms with van der Waals surface area (Å²) >= 11 is 2.02. The number of fused-ring (bicyclic) bond motifs is 4. The molecule has 1 spiro atoms. The van der Waals surface area contributed by atoms with E-state index in [0.29, 0.717) is 0 Å². The smallest absolute Gasteiger partial charge is 0.0473 e. The van der Waals surface area contributed by atoms with Crippen molar-refractivity contribution >= 4 is 28.8 Å². The molecule has 7 aliphatic rings. The highest BCUT2D eigenvalue weighted by Crippen LogP contribution is 2.69. The lowest BCUT2D eigenvalue weighted by Crippen LogP contribution is -2.57. The van der Waals surface area contributed by atoms with Gasteiger partial charge >= 0.3 is 0 Å². The van der Waals surface area contributed by atoms with Crippen LogP contribution in [0.1, 0.15) is 147 Å². The molecular weight excluding hydrogens is 791 g/mol. The van der Waals surface area contributed by atoms with Crippen LogP contribution in [0.25, 0.3) is 22.3 Å². The second kappa shape index (κ2) is 14.2. The molecule has 0 atom stereocenters. The third-order valence-corrected chi connectivity index (χ3v) is 19.4. The summed E-state index contributed by atoms with van der Waals surface area (Å²) in [6.07, 6.45) is 12.0. The Labute approximate surface area is 388 Å². The molecular formula is C62H67NS. The molecule has 326 valence electrons. The topological polar surface area (TPSA) is 3.24 Å². The monoisotopic (exact) mass is 857 g/mol. The SMILES string of the molecule is CC1(C)CCC(C)(C)c2cc(-c3ccc(N(c4ccc(-c5ccc6c(c5)C(C)(C)CCC6(C)C)cc4)c4ccc5c(c4)Sc4ccccc4C54C5CC6CC(C5)CC4C6)cc3)ccc21. The average Bonchev–Trinajstić information content (AvgIpc) is 3.28. The van der Waals surface area contributed by atoms with Crippen molar-refractivity contribution in [2.45, 2.75) is 150 Å². The molecule has 0 aromatic heterocycles. The summed E-state index contributed by atoms with van der Waals surface area (Å²) in [6.45, 7) is 19.4. The van der Waals surface area contributed by atoms with E-state index >= 15 is 0 Å². The fraction of sp³-hybridized carbons (Fsp3) is 0.419. The van der Waals surface area contributed by atoms with Gasteiger partial charge in [0.15, 0.2) is 0 Å². The first-order chi connectivity index (χ1) is 30.6. The lowest BCUT2D eigenvalue weighted by Gasteiger charge is -2.63. The number of nitrogens with zero attached hydrogens (tertiary/aromatic N) is 1. The van der Waals surface area contributed by atoms with Crippen molar-refractivity contribution in [2.75, 3.05) is 4.90 Å². The second-order valence-corrected chi connectivity index (χ2v) is 25.0. The Bertz CT molecular complexity index is 2670. The molecule has 1 aliphatic heterocycles. The largest absolute Gasteiger partial charge is 0.310 e. The van der Waals surface area contributed by atoms with Gasteiger partial charge in [-0.1, -0.05) is 152 Å². The third-order valence-electron chi connectivity index (χ3n) is 18.3. The Hall–Kier alpha value is -4.53. The van der Waals surface area contributed by atoms with Gasteiger partial charge < -0.3 is 4.90 Å². The zero-order chi connectivity index (χ0) is 44.0. The molecule has 0 radical (unpaired) electrons. The van der Waals surface area contributed by atoms with Crippen LogP contribution in [0, 0.1) is 23.7 Å². The van der Waals surface area contributed by atoms with Crippen LogP contribution in [-0.4, -0.2) is 0 Å². The number of hydrogen-bond donors (Lipinski definition) is 0. The highest BCUT2D eigenvalue weighted by atomic mass is 32.2. The minimum absolute atomic E-state index is 0.133. The number of hydrogen-bond acceptors (Lipinski definition) is 2. The van der Waals surface area contributed by atoms with Gasteiger partial charge in [0.25, 0.3) is 0 Å². The summed E-state index contributed by atoms with van der Waals surface area (Å²) in [4.78, 5) is 5.46. The van der Waals surface area contributed by atoms with Crippen molar-refractivity contribution in [2.24, 2.45) is 23.7 Å². The average molecular weight is 858 g/mol. The van der Waals surface area contributed by atoms with Gasteiger partial charge in [0.1, 0.15) is 0 Å². The molecule has 4 fully saturated rings. The van der Waals surface area contributed by atoms with E-state index in [-0.39, 0.29) is 27.1 Å². The molecule has 6 aromatic carbocycles. The Morgan fingerprint density at radius 3 is 1.28 bits per heavy atom. The summed E-state index contributed by atoms with van der Waals surface area (Å²) in [6, 6.07) is 50.7. The van der Waals surface area contributed by atoms with Crippen molar-refractivity contribution in [3.8, 4) is 22.3 Å². The first-order valence-electron chi connectivity index (χ1n) is 24.8. The van der Waals surface area contributed by atoms with Crippen LogP contribution in [0.2, 0.25) is 0 Å². The molecule has 1 heterocycles. The van der Waals surface area contributed by atoms with Crippen molar-refractivity contribution in [3.63, 3.8) is 0 Å². The summed E-state index contributed by atoms with van der Waals surface area (Å²) in [7, 11) is 0. The van der Waals surface area contributed by atoms with E-state index in [2.05, 4.69) is 188 Å². The molecule has 4 saturated carbocycles. The quantitative estimate of drug-likeness (QED) is 0.170. The zero-order valence-corrected chi connectivity index (χ0v) is 40.5. The fourth-order valence-corrected chi connectivity index (χ4v) is 15.9. The van der Waals surface area contributed by atoms with Crippen molar-refractivity contribution < 1.29 is 0 Å². The predicted molar refractivity (Wildman–Crippen MR) is 271 cm³/mol. The molecule has 6 aliphatic carbocycles. The van der Waals surface area contributed by atoms with Crippen LogP contribution in [0.3, 0.4) is 0 Å². The van der Waals surface area contributed by atoms with Gasteiger partial charge in [-0.2, -0.15) is 0 Å². The minimum Gasteiger partial charge on any atom is -0.310 e. The van der Waals surface area contributed by atoms with Crippen molar-refractivity contribution in [1.29, 1.82) is 0 Å². The predicted octanol–water partition coefficient (Wildman–Crippen LogP) is 17.4. The Kier molecular flexibility index (Phi) is 9.11. The van der Waals surface area contributed by atoms with Crippen LogP contribution in [-0.2, 0) is 27.1 Å². The van der Waals surface area contributed by atoms with E-state index < -0.39 is 0 Å². The Morgan fingerprint density at radius 1 is 0.375 bits per heavy atom. The Morgan fingerprint density at radius 2 is 0.781 bits per heavy atom. The first-order valence-corrected chi connectivity index (χ1v) is 25.7. The molecule has 0 unspecified atom stereocenters. The summed E-state index contributed by atoms with van der Waals surface area (Å²) in [5.41, 5.74) is 19.0. The van der Waals surface area contributed by atoms with Gasteiger partial charge in [-0.15, -0.1) is 0 Å². The van der Waals surface area contributed by atoms with Gasteiger partial charge in [0, 0.05) is 32.3 Å². The highest BCUT2D eigenvalue weighted by Gasteiger charge is 2.60. The normalized spacial score (nSPS) is 27.0. The molecule has 4 bridgehead atoms. The maximum atomic E-state index is 2.58. The molecule has 0 N–H and O–H groups in total. The lowest BCUT2D eigenvalue weighted by atomic mass is 9.42. The third kappa shape index (κ3) is 6.23. The van der Waals surface area contributed by atoms with Crippen molar-refractivity contribution in [3.05, 3.63) is 161 Å². The van der Waals surface area contributed by atoms with Crippen LogP contribution in [0.15, 0.2) is 137 Å². The summed E-state index contributed by atoms with van der Waals surface area (Å²) in [5, 5.41) is 0. The van der Waals surface area contributed by atoms with Crippen LogP contribution in [0.5, 0.6) is 0 Å². The molecule has 2 heteroatoms. The Balaban J connectivity index is 0.959. The number of benzene rings is 6. The highest BCUT2D eigenvalue weighted by molar-refractivity contribution is 7.99. The number of rotatable bonds is 5. The maximum absolute atomic E-state index is 2.58. The molecule has 64 heavy (non-hydrogen) atoms. The van der Waals surface area contributed by atoms with E-state index in [1.54, 1.807) is 11.1 Å².